The second kappa shape index (κ2) is 4.19. The highest BCUT2D eigenvalue weighted by molar-refractivity contribution is 4.94. The summed E-state index contributed by atoms with van der Waals surface area (Å²) in [5, 5.41) is 3.34. The first kappa shape index (κ1) is 10.4. The Labute approximate surface area is 88.1 Å². The minimum Gasteiger partial charge on any atom is -0.317 e. The molecule has 1 aliphatic heterocycles. The van der Waals surface area contributed by atoms with E-state index in [1.54, 1.807) is 0 Å². The van der Waals surface area contributed by atoms with Gasteiger partial charge in [0.1, 0.15) is 0 Å². The molecule has 82 valence electrons. The minimum absolute atomic E-state index is 0.657. The second-order valence-corrected chi connectivity index (χ2v) is 5.30. The van der Waals surface area contributed by atoms with Gasteiger partial charge in [0.25, 0.3) is 0 Å². The highest BCUT2D eigenvalue weighted by Gasteiger charge is 2.39. The normalized spacial score (nSPS) is 36.2. The smallest absolute Gasteiger partial charge is 0.0101 e. The topological polar surface area (TPSA) is 15.3 Å². The molecule has 2 nitrogen and oxygen atoms in total. The number of piperidine rings is 1. The molecule has 2 rings (SSSR count). The Morgan fingerprint density at radius 1 is 1.36 bits per heavy atom. The van der Waals surface area contributed by atoms with Crippen LogP contribution in [0.15, 0.2) is 0 Å². The van der Waals surface area contributed by atoms with E-state index in [2.05, 4.69) is 31.1 Å². The molecule has 0 amide bonds. The fourth-order valence-electron chi connectivity index (χ4n) is 3.27. The van der Waals surface area contributed by atoms with Gasteiger partial charge < -0.3 is 5.32 Å². The predicted octanol–water partition coefficient (Wildman–Crippen LogP) is 1.86. The lowest BCUT2D eigenvalue weighted by Crippen LogP contribution is -2.42. The molecule has 1 saturated carbocycles. The Bertz CT molecular complexity index is 193. The molecule has 4 atom stereocenters. The second-order valence-electron chi connectivity index (χ2n) is 5.30. The van der Waals surface area contributed by atoms with Crippen LogP contribution >= 0.6 is 0 Å². The molecular weight excluding hydrogens is 172 g/mol. The Morgan fingerprint density at radius 3 is 2.64 bits per heavy atom. The number of fused-ring (bicyclic) bond motifs is 2. The fraction of sp³-hybridized carbons (Fsp3) is 1.00. The predicted molar refractivity (Wildman–Crippen MR) is 60.4 cm³/mol. The van der Waals surface area contributed by atoms with Gasteiger partial charge in [-0.05, 0) is 52.5 Å². The molecule has 1 heterocycles. The number of rotatable bonds is 4. The third-order valence-electron chi connectivity index (χ3n) is 4.21. The van der Waals surface area contributed by atoms with E-state index in [1.165, 1.54) is 32.2 Å². The van der Waals surface area contributed by atoms with Crippen molar-refractivity contribution in [2.24, 2.45) is 5.92 Å². The highest BCUT2D eigenvalue weighted by Crippen LogP contribution is 2.38. The van der Waals surface area contributed by atoms with Gasteiger partial charge >= 0.3 is 0 Å². The van der Waals surface area contributed by atoms with Crippen LogP contribution in [-0.2, 0) is 0 Å². The van der Waals surface area contributed by atoms with Crippen molar-refractivity contribution in [1.29, 1.82) is 0 Å². The quantitative estimate of drug-likeness (QED) is 0.738. The molecule has 1 N–H and O–H groups in total. The van der Waals surface area contributed by atoms with Crippen LogP contribution < -0.4 is 5.32 Å². The zero-order chi connectivity index (χ0) is 10.1. The Kier molecular flexibility index (Phi) is 3.13. The van der Waals surface area contributed by atoms with Gasteiger partial charge in [-0.15, -0.1) is 0 Å². The lowest BCUT2D eigenvalue weighted by molar-refractivity contribution is 0.145. The standard InChI is InChI=1S/C12H24N2/c1-9(13-3)6-10(2)14-8-11-4-5-12(14)7-11/h9-13H,4-8H2,1-3H3. The van der Waals surface area contributed by atoms with E-state index in [0.29, 0.717) is 6.04 Å². The van der Waals surface area contributed by atoms with E-state index in [0.717, 1.165) is 18.0 Å². The number of hydrogen-bond acceptors (Lipinski definition) is 2. The third-order valence-corrected chi connectivity index (χ3v) is 4.21. The third kappa shape index (κ3) is 1.96. The summed E-state index contributed by atoms with van der Waals surface area (Å²) in [5.41, 5.74) is 0. The molecule has 2 heteroatoms. The maximum Gasteiger partial charge on any atom is 0.0101 e. The van der Waals surface area contributed by atoms with Crippen LogP contribution in [0.3, 0.4) is 0 Å². The van der Waals surface area contributed by atoms with Crippen molar-refractivity contribution in [3.8, 4) is 0 Å². The van der Waals surface area contributed by atoms with Gasteiger partial charge in [-0.1, -0.05) is 0 Å². The molecule has 0 aromatic carbocycles. The number of hydrogen-bond donors (Lipinski definition) is 1. The molecule has 0 spiro atoms. The van der Waals surface area contributed by atoms with Crippen LogP contribution in [0.25, 0.3) is 0 Å². The zero-order valence-electron chi connectivity index (χ0n) is 9.79. The lowest BCUT2D eigenvalue weighted by atomic mass is 10.0. The Morgan fingerprint density at radius 2 is 2.14 bits per heavy atom. The SMILES string of the molecule is CNC(C)CC(C)N1CC2CCC1C2. The minimum atomic E-state index is 0.657. The van der Waals surface area contributed by atoms with E-state index in [9.17, 15) is 0 Å². The number of nitrogens with one attached hydrogen (secondary N) is 1. The fourth-order valence-corrected chi connectivity index (χ4v) is 3.27. The maximum absolute atomic E-state index is 3.34. The molecule has 0 radical (unpaired) electrons. The van der Waals surface area contributed by atoms with Crippen molar-refractivity contribution in [2.45, 2.75) is 57.7 Å². The van der Waals surface area contributed by atoms with Crippen molar-refractivity contribution in [1.82, 2.24) is 10.2 Å². The van der Waals surface area contributed by atoms with Crippen molar-refractivity contribution in [3.05, 3.63) is 0 Å². The summed E-state index contributed by atoms with van der Waals surface area (Å²) in [6, 6.07) is 2.36. The zero-order valence-corrected chi connectivity index (χ0v) is 9.79. The van der Waals surface area contributed by atoms with E-state index in [1.807, 2.05) is 0 Å². The van der Waals surface area contributed by atoms with Crippen molar-refractivity contribution in [3.63, 3.8) is 0 Å². The average Bonchev–Trinajstić information content (AvgIpc) is 2.78. The van der Waals surface area contributed by atoms with Crippen molar-refractivity contribution >= 4 is 0 Å². The van der Waals surface area contributed by atoms with Crippen LogP contribution in [0.1, 0.15) is 39.5 Å². The lowest BCUT2D eigenvalue weighted by Gasteiger charge is -2.34. The summed E-state index contributed by atoms with van der Waals surface area (Å²) >= 11 is 0. The summed E-state index contributed by atoms with van der Waals surface area (Å²) in [4.78, 5) is 2.75. The van der Waals surface area contributed by atoms with Gasteiger partial charge in [0.2, 0.25) is 0 Å². The highest BCUT2D eigenvalue weighted by atomic mass is 15.2. The summed E-state index contributed by atoms with van der Waals surface area (Å²) in [6.07, 6.45) is 5.73. The van der Waals surface area contributed by atoms with E-state index in [4.69, 9.17) is 0 Å². The molecule has 4 unspecified atom stereocenters. The molecule has 1 aliphatic carbocycles. The van der Waals surface area contributed by atoms with Crippen LogP contribution in [-0.4, -0.2) is 36.6 Å². The van der Waals surface area contributed by atoms with Gasteiger partial charge in [0.05, 0.1) is 0 Å². The van der Waals surface area contributed by atoms with Gasteiger partial charge in [0, 0.05) is 24.7 Å². The molecule has 14 heavy (non-hydrogen) atoms. The van der Waals surface area contributed by atoms with Gasteiger partial charge in [-0.25, -0.2) is 0 Å². The first-order valence-corrected chi connectivity index (χ1v) is 6.13. The molecule has 0 aromatic rings. The summed E-state index contributed by atoms with van der Waals surface area (Å²) in [5.74, 6) is 1.03. The monoisotopic (exact) mass is 196 g/mol. The molecule has 2 fully saturated rings. The van der Waals surface area contributed by atoms with Gasteiger partial charge in [0.15, 0.2) is 0 Å². The number of nitrogens with zero attached hydrogens (tertiary/aromatic N) is 1. The summed E-state index contributed by atoms with van der Waals surface area (Å²) in [6.45, 7) is 6.06. The van der Waals surface area contributed by atoms with Crippen LogP contribution in [0.5, 0.6) is 0 Å². The summed E-state index contributed by atoms with van der Waals surface area (Å²) < 4.78 is 0. The van der Waals surface area contributed by atoms with Crippen LogP contribution in [0.4, 0.5) is 0 Å². The van der Waals surface area contributed by atoms with Crippen molar-refractivity contribution < 1.29 is 0 Å². The molecule has 2 aliphatic rings. The van der Waals surface area contributed by atoms with Crippen LogP contribution in [0, 0.1) is 5.92 Å². The molecule has 0 aromatic heterocycles. The van der Waals surface area contributed by atoms with E-state index < -0.39 is 0 Å². The number of likely N-dealkylation sites (tertiary alicyclic amines) is 1. The maximum atomic E-state index is 3.34. The largest absolute Gasteiger partial charge is 0.317 e. The summed E-state index contributed by atoms with van der Waals surface area (Å²) in [7, 11) is 2.06. The van der Waals surface area contributed by atoms with Crippen LogP contribution in [0.2, 0.25) is 0 Å². The Balaban J connectivity index is 1.83. The van der Waals surface area contributed by atoms with Crippen molar-refractivity contribution in [2.75, 3.05) is 13.6 Å². The molecule has 1 saturated heterocycles. The van der Waals surface area contributed by atoms with Gasteiger partial charge in [-0.3, -0.25) is 4.90 Å². The Hall–Kier alpha value is -0.0800. The molecule has 2 bridgehead atoms. The first-order valence-electron chi connectivity index (χ1n) is 6.13. The molecular formula is C12H24N2. The van der Waals surface area contributed by atoms with Gasteiger partial charge in [-0.2, -0.15) is 0 Å². The average molecular weight is 196 g/mol. The first-order chi connectivity index (χ1) is 6.70. The van der Waals surface area contributed by atoms with E-state index in [-0.39, 0.29) is 0 Å². The van der Waals surface area contributed by atoms with E-state index >= 15 is 0 Å².